The van der Waals surface area contributed by atoms with Crippen molar-refractivity contribution in [3.63, 3.8) is 0 Å². The summed E-state index contributed by atoms with van der Waals surface area (Å²) < 4.78 is 0. The fraction of sp³-hybridized carbons (Fsp3) is 0.750. The predicted octanol–water partition coefficient (Wildman–Crippen LogP) is 0.0863. The first kappa shape index (κ1) is 12.8. The normalized spacial score (nSPS) is 12.3. The van der Waals surface area contributed by atoms with E-state index >= 15 is 0 Å². The summed E-state index contributed by atoms with van der Waals surface area (Å²) in [5, 5.41) is 4.39. The van der Waals surface area contributed by atoms with Crippen LogP contribution in [0.1, 0.15) is 34.6 Å². The van der Waals surface area contributed by atoms with E-state index in [1.54, 1.807) is 0 Å². The van der Waals surface area contributed by atoms with Crippen LogP contribution >= 0.6 is 0 Å². The van der Waals surface area contributed by atoms with E-state index in [0.717, 1.165) is 5.70 Å². The summed E-state index contributed by atoms with van der Waals surface area (Å²) >= 11 is 0. The van der Waals surface area contributed by atoms with E-state index in [2.05, 4.69) is 26.1 Å². The van der Waals surface area contributed by atoms with Crippen LogP contribution in [0, 0.1) is 0 Å². The van der Waals surface area contributed by atoms with Gasteiger partial charge in [-0.3, -0.25) is 0 Å². The minimum Gasteiger partial charge on any atom is -0.684 e. The molecule has 0 bridgehead atoms. The van der Waals surface area contributed by atoms with Gasteiger partial charge in [0.25, 0.3) is 0 Å². The van der Waals surface area contributed by atoms with Crippen LogP contribution in [0.2, 0.25) is 0 Å². The quantitative estimate of drug-likeness (QED) is 0.450. The standard InChI is InChI=1S/C8H16N.Li/c1-6-7(2)9-8(3,4)5;/h6H,1-5H3;/q-1;+1/b7-6+;. The molecule has 0 aliphatic carbocycles. The second-order valence-corrected chi connectivity index (χ2v) is 3.21. The van der Waals surface area contributed by atoms with Gasteiger partial charge in [0.15, 0.2) is 0 Å². The SMILES string of the molecule is C/C=C(\C)[N-]C(C)(C)C.[Li+]. The molecule has 10 heavy (non-hydrogen) atoms. The summed E-state index contributed by atoms with van der Waals surface area (Å²) in [4.78, 5) is 0. The van der Waals surface area contributed by atoms with Gasteiger partial charge in [-0.1, -0.05) is 27.7 Å². The van der Waals surface area contributed by atoms with Gasteiger partial charge in [-0.2, -0.15) is 5.70 Å². The van der Waals surface area contributed by atoms with E-state index in [1.165, 1.54) is 0 Å². The molecule has 0 atom stereocenters. The fourth-order valence-electron chi connectivity index (χ4n) is 0.594. The second-order valence-electron chi connectivity index (χ2n) is 3.21. The van der Waals surface area contributed by atoms with Gasteiger partial charge in [0.2, 0.25) is 0 Å². The van der Waals surface area contributed by atoms with Gasteiger partial charge in [-0.05, 0) is 6.92 Å². The molecular weight excluding hydrogens is 117 g/mol. The molecule has 0 N–H and O–H groups in total. The van der Waals surface area contributed by atoms with Crippen LogP contribution in [0.4, 0.5) is 0 Å². The Kier molecular flexibility index (Phi) is 6.23. The number of rotatable bonds is 1. The van der Waals surface area contributed by atoms with Crippen LogP contribution < -0.4 is 18.9 Å². The topological polar surface area (TPSA) is 14.1 Å². The Balaban J connectivity index is 0. The Labute approximate surface area is 76.5 Å². The van der Waals surface area contributed by atoms with Crippen LogP contribution in [0.25, 0.3) is 5.32 Å². The Morgan fingerprint density at radius 2 is 1.70 bits per heavy atom. The molecule has 2 heteroatoms. The van der Waals surface area contributed by atoms with Gasteiger partial charge in [-0.15, -0.1) is 11.6 Å². The van der Waals surface area contributed by atoms with Crippen molar-refractivity contribution in [1.82, 2.24) is 0 Å². The predicted molar refractivity (Wildman–Crippen MR) is 42.5 cm³/mol. The molecule has 0 aromatic heterocycles. The van der Waals surface area contributed by atoms with E-state index < -0.39 is 0 Å². The van der Waals surface area contributed by atoms with E-state index in [1.807, 2.05) is 19.9 Å². The van der Waals surface area contributed by atoms with Crippen molar-refractivity contribution in [3.8, 4) is 0 Å². The third-order valence-corrected chi connectivity index (χ3v) is 0.930. The van der Waals surface area contributed by atoms with Crippen molar-refractivity contribution in [2.75, 3.05) is 0 Å². The molecule has 0 aliphatic heterocycles. The number of hydrogen-bond acceptors (Lipinski definition) is 0. The largest absolute Gasteiger partial charge is 1.00 e. The minimum absolute atomic E-state index is 0. The van der Waals surface area contributed by atoms with Crippen LogP contribution in [0.5, 0.6) is 0 Å². The van der Waals surface area contributed by atoms with E-state index in [-0.39, 0.29) is 24.4 Å². The van der Waals surface area contributed by atoms with Crippen molar-refractivity contribution in [2.24, 2.45) is 0 Å². The van der Waals surface area contributed by atoms with Crippen LogP contribution in [0.3, 0.4) is 0 Å². The molecule has 0 rings (SSSR count). The first-order valence-corrected chi connectivity index (χ1v) is 3.31. The van der Waals surface area contributed by atoms with Gasteiger partial charge >= 0.3 is 18.9 Å². The van der Waals surface area contributed by atoms with E-state index in [9.17, 15) is 0 Å². The molecule has 0 unspecified atom stereocenters. The maximum absolute atomic E-state index is 4.39. The third-order valence-electron chi connectivity index (χ3n) is 0.930. The smallest absolute Gasteiger partial charge is 0.684 e. The first-order valence-electron chi connectivity index (χ1n) is 3.31. The Bertz CT molecular complexity index is 111. The van der Waals surface area contributed by atoms with Crippen LogP contribution in [-0.2, 0) is 0 Å². The van der Waals surface area contributed by atoms with Crippen molar-refractivity contribution in [3.05, 3.63) is 17.1 Å². The summed E-state index contributed by atoms with van der Waals surface area (Å²) in [6, 6.07) is 0. The summed E-state index contributed by atoms with van der Waals surface area (Å²) in [5.74, 6) is 0. The summed E-state index contributed by atoms with van der Waals surface area (Å²) in [6.45, 7) is 10.3. The average Bonchev–Trinajstić information content (AvgIpc) is 1.62. The zero-order valence-corrected chi connectivity index (χ0v) is 8.02. The van der Waals surface area contributed by atoms with Gasteiger partial charge in [-0.25, -0.2) is 0 Å². The van der Waals surface area contributed by atoms with Crippen LogP contribution in [0.15, 0.2) is 11.8 Å². The molecule has 0 heterocycles. The maximum Gasteiger partial charge on any atom is 1.00 e. The molecule has 0 aromatic carbocycles. The molecule has 0 amide bonds. The van der Waals surface area contributed by atoms with Crippen molar-refractivity contribution in [2.45, 2.75) is 40.2 Å². The summed E-state index contributed by atoms with van der Waals surface area (Å²) in [6.07, 6.45) is 2.02. The molecule has 54 valence electrons. The zero-order valence-electron chi connectivity index (χ0n) is 8.02. The van der Waals surface area contributed by atoms with Crippen molar-refractivity contribution in [1.29, 1.82) is 0 Å². The summed E-state index contributed by atoms with van der Waals surface area (Å²) in [7, 11) is 0. The molecule has 0 saturated heterocycles. The van der Waals surface area contributed by atoms with E-state index in [0.29, 0.717) is 0 Å². The molecule has 0 radical (unpaired) electrons. The number of allylic oxidation sites excluding steroid dienone is 2. The molecule has 0 saturated carbocycles. The van der Waals surface area contributed by atoms with Gasteiger partial charge in [0.1, 0.15) is 0 Å². The molecule has 0 fully saturated rings. The minimum atomic E-state index is 0. The molecule has 0 aliphatic rings. The molecule has 0 spiro atoms. The monoisotopic (exact) mass is 133 g/mol. The molecular formula is C8H16LiN. The first-order chi connectivity index (χ1) is 3.95. The fourth-order valence-corrected chi connectivity index (χ4v) is 0.594. The summed E-state index contributed by atoms with van der Waals surface area (Å²) in [5.41, 5.74) is 1.19. The zero-order chi connectivity index (χ0) is 7.49. The average molecular weight is 133 g/mol. The number of nitrogens with zero attached hydrogens (tertiary/aromatic N) is 1. The van der Waals surface area contributed by atoms with Crippen molar-refractivity contribution < 1.29 is 18.9 Å². The van der Waals surface area contributed by atoms with Crippen LogP contribution in [-0.4, -0.2) is 5.54 Å². The number of hydrogen-bond donors (Lipinski definition) is 0. The molecule has 0 aromatic rings. The Morgan fingerprint density at radius 1 is 1.30 bits per heavy atom. The second kappa shape index (κ2) is 4.88. The van der Waals surface area contributed by atoms with Gasteiger partial charge in [0, 0.05) is 0 Å². The Hall–Kier alpha value is 0.137. The van der Waals surface area contributed by atoms with Gasteiger partial charge < -0.3 is 5.32 Å². The van der Waals surface area contributed by atoms with Crippen molar-refractivity contribution >= 4 is 0 Å². The van der Waals surface area contributed by atoms with Gasteiger partial charge in [0.05, 0.1) is 0 Å². The maximum atomic E-state index is 4.39. The third kappa shape index (κ3) is 8.14. The molecule has 1 nitrogen and oxygen atoms in total. The Morgan fingerprint density at radius 3 is 1.80 bits per heavy atom. The van der Waals surface area contributed by atoms with E-state index in [4.69, 9.17) is 0 Å².